The maximum atomic E-state index is 12.4. The molecule has 1 amide bonds. The first-order valence-electron chi connectivity index (χ1n) is 8.23. The Morgan fingerprint density at radius 2 is 1.96 bits per heavy atom. The lowest BCUT2D eigenvalue weighted by molar-refractivity contribution is -0.122. The number of nitrogens with zero attached hydrogens (tertiary/aromatic N) is 2. The molecule has 0 bridgehead atoms. The quantitative estimate of drug-likeness (QED) is 0.676. The van der Waals surface area contributed by atoms with Gasteiger partial charge in [-0.3, -0.25) is 9.48 Å². The van der Waals surface area contributed by atoms with Gasteiger partial charge in [0.05, 0.1) is 18.0 Å². The minimum atomic E-state index is -3.79. The molecule has 0 spiro atoms. The first-order chi connectivity index (χ1) is 12.3. The molecule has 26 heavy (non-hydrogen) atoms. The van der Waals surface area contributed by atoms with Crippen LogP contribution in [0.15, 0.2) is 47.6 Å². The van der Waals surface area contributed by atoms with Crippen molar-refractivity contribution in [1.29, 1.82) is 0 Å². The van der Waals surface area contributed by atoms with Gasteiger partial charge in [-0.25, -0.2) is 8.42 Å². The van der Waals surface area contributed by atoms with Gasteiger partial charge < -0.3 is 10.1 Å². The van der Waals surface area contributed by atoms with Crippen molar-refractivity contribution in [3.63, 3.8) is 0 Å². The van der Waals surface area contributed by atoms with Crippen LogP contribution in [0.5, 0.6) is 5.75 Å². The summed E-state index contributed by atoms with van der Waals surface area (Å²) in [7, 11) is -2.29. The molecule has 2 atom stereocenters. The van der Waals surface area contributed by atoms with E-state index < -0.39 is 16.1 Å². The Morgan fingerprint density at radius 3 is 2.54 bits per heavy atom. The minimum Gasteiger partial charge on any atom is -0.497 e. The van der Waals surface area contributed by atoms with Gasteiger partial charge in [-0.1, -0.05) is 6.92 Å². The van der Waals surface area contributed by atoms with E-state index in [1.54, 1.807) is 23.0 Å². The zero-order chi connectivity index (χ0) is 19.2. The van der Waals surface area contributed by atoms with Crippen LogP contribution in [-0.4, -0.2) is 43.8 Å². The van der Waals surface area contributed by atoms with Crippen molar-refractivity contribution in [3.05, 3.63) is 42.7 Å². The van der Waals surface area contributed by atoms with Gasteiger partial charge in [0.25, 0.3) is 0 Å². The molecular weight excluding hydrogens is 356 g/mol. The van der Waals surface area contributed by atoms with Crippen LogP contribution in [0.4, 0.5) is 0 Å². The largest absolute Gasteiger partial charge is 0.497 e. The highest BCUT2D eigenvalue weighted by molar-refractivity contribution is 7.89. The van der Waals surface area contributed by atoms with E-state index in [2.05, 4.69) is 15.1 Å². The molecular formula is C17H24N4O4S. The second-order valence-corrected chi connectivity index (χ2v) is 7.81. The van der Waals surface area contributed by atoms with Crippen LogP contribution in [0.1, 0.15) is 13.8 Å². The third-order valence-electron chi connectivity index (χ3n) is 3.78. The van der Waals surface area contributed by atoms with Crippen molar-refractivity contribution in [3.8, 4) is 5.75 Å². The van der Waals surface area contributed by atoms with E-state index in [1.807, 2.05) is 19.2 Å². The second-order valence-electron chi connectivity index (χ2n) is 6.10. The molecule has 0 aliphatic carbocycles. The van der Waals surface area contributed by atoms with E-state index in [-0.39, 0.29) is 16.7 Å². The number of hydrogen-bond acceptors (Lipinski definition) is 5. The fraction of sp³-hybridized carbons (Fsp3) is 0.412. The molecule has 8 nitrogen and oxygen atoms in total. The third kappa shape index (κ3) is 5.57. The Hall–Kier alpha value is -2.39. The maximum absolute atomic E-state index is 12.4. The monoisotopic (exact) mass is 380 g/mol. The number of nitrogens with one attached hydrogen (secondary N) is 2. The number of sulfonamides is 1. The molecule has 0 fully saturated rings. The van der Waals surface area contributed by atoms with Gasteiger partial charge in [-0.15, -0.1) is 0 Å². The van der Waals surface area contributed by atoms with Gasteiger partial charge in [-0.2, -0.15) is 9.82 Å². The topological polar surface area (TPSA) is 102 Å². The Balaban J connectivity index is 1.86. The zero-order valence-electron chi connectivity index (χ0n) is 15.0. The third-order valence-corrected chi connectivity index (χ3v) is 5.33. The van der Waals surface area contributed by atoms with E-state index >= 15 is 0 Å². The van der Waals surface area contributed by atoms with Crippen molar-refractivity contribution in [1.82, 2.24) is 19.8 Å². The number of amides is 1. The van der Waals surface area contributed by atoms with Crippen molar-refractivity contribution in [2.24, 2.45) is 5.92 Å². The summed E-state index contributed by atoms with van der Waals surface area (Å²) in [6.45, 7) is 4.58. The SMILES string of the molecule is COc1ccc(S(=O)(=O)N[C@@H](C)C(=O)NCC(C)Cn2cccn2)cc1. The molecule has 9 heteroatoms. The second kappa shape index (κ2) is 8.81. The molecule has 0 saturated heterocycles. The van der Waals surface area contributed by atoms with Crippen LogP contribution < -0.4 is 14.8 Å². The summed E-state index contributed by atoms with van der Waals surface area (Å²) >= 11 is 0. The summed E-state index contributed by atoms with van der Waals surface area (Å²) in [6, 6.07) is 6.91. The number of methoxy groups -OCH3 is 1. The number of aromatic nitrogens is 2. The Kier molecular flexibility index (Phi) is 6.76. The van der Waals surface area contributed by atoms with E-state index in [0.29, 0.717) is 18.8 Å². The van der Waals surface area contributed by atoms with Gasteiger partial charge in [-0.05, 0) is 43.2 Å². The summed E-state index contributed by atoms with van der Waals surface area (Å²) < 4.78 is 33.9. The Morgan fingerprint density at radius 1 is 1.27 bits per heavy atom. The van der Waals surface area contributed by atoms with E-state index in [4.69, 9.17) is 4.74 Å². The predicted molar refractivity (Wildman–Crippen MR) is 97.2 cm³/mol. The number of carbonyl (C=O) groups is 1. The van der Waals surface area contributed by atoms with Crippen molar-refractivity contribution < 1.29 is 17.9 Å². The molecule has 142 valence electrons. The summed E-state index contributed by atoms with van der Waals surface area (Å²) in [5.74, 6) is 0.333. The fourth-order valence-electron chi connectivity index (χ4n) is 2.33. The summed E-state index contributed by atoms with van der Waals surface area (Å²) in [5.41, 5.74) is 0. The lowest BCUT2D eigenvalue weighted by Gasteiger charge is -2.17. The summed E-state index contributed by atoms with van der Waals surface area (Å²) in [6.07, 6.45) is 3.55. The highest BCUT2D eigenvalue weighted by Crippen LogP contribution is 2.15. The summed E-state index contributed by atoms with van der Waals surface area (Å²) in [5, 5.41) is 6.88. The molecule has 0 aliphatic heterocycles. The lowest BCUT2D eigenvalue weighted by Crippen LogP contribution is -2.45. The smallest absolute Gasteiger partial charge is 0.241 e. The van der Waals surface area contributed by atoms with Gasteiger partial charge >= 0.3 is 0 Å². The lowest BCUT2D eigenvalue weighted by atomic mass is 10.2. The predicted octanol–water partition coefficient (Wildman–Crippen LogP) is 1.01. The molecule has 0 saturated carbocycles. The zero-order valence-corrected chi connectivity index (χ0v) is 15.9. The molecule has 2 aromatic rings. The Bertz CT molecular complexity index is 804. The first kappa shape index (κ1) is 19.9. The van der Waals surface area contributed by atoms with Crippen molar-refractivity contribution in [2.45, 2.75) is 31.3 Å². The molecule has 2 N–H and O–H groups in total. The summed E-state index contributed by atoms with van der Waals surface area (Å²) in [4.78, 5) is 12.3. The fourth-order valence-corrected chi connectivity index (χ4v) is 3.53. The minimum absolute atomic E-state index is 0.0741. The average Bonchev–Trinajstić information content (AvgIpc) is 3.12. The number of rotatable bonds is 9. The standard InChI is InChI=1S/C17H24N4O4S/c1-13(12-21-10-4-9-19-21)11-18-17(22)14(2)20-26(23,24)16-7-5-15(25-3)6-8-16/h4-10,13-14,20H,11-12H2,1-3H3,(H,18,22)/t13?,14-/m0/s1. The van der Waals surface area contributed by atoms with Crippen LogP contribution >= 0.6 is 0 Å². The van der Waals surface area contributed by atoms with Crippen LogP contribution in [0.2, 0.25) is 0 Å². The van der Waals surface area contributed by atoms with Crippen LogP contribution in [0.3, 0.4) is 0 Å². The van der Waals surface area contributed by atoms with Crippen LogP contribution in [0, 0.1) is 5.92 Å². The number of hydrogen-bond donors (Lipinski definition) is 2. The van der Waals surface area contributed by atoms with E-state index in [0.717, 1.165) is 0 Å². The number of ether oxygens (including phenoxy) is 1. The van der Waals surface area contributed by atoms with Crippen molar-refractivity contribution in [2.75, 3.05) is 13.7 Å². The molecule has 1 heterocycles. The van der Waals surface area contributed by atoms with Gasteiger partial charge in [0, 0.05) is 25.5 Å². The molecule has 0 radical (unpaired) electrons. The van der Waals surface area contributed by atoms with Crippen LogP contribution in [0.25, 0.3) is 0 Å². The van der Waals surface area contributed by atoms with E-state index in [9.17, 15) is 13.2 Å². The number of benzene rings is 1. The van der Waals surface area contributed by atoms with Crippen molar-refractivity contribution >= 4 is 15.9 Å². The normalized spacial score (nSPS) is 13.8. The first-order valence-corrected chi connectivity index (χ1v) is 9.71. The molecule has 2 rings (SSSR count). The van der Waals surface area contributed by atoms with Gasteiger partial charge in [0.2, 0.25) is 15.9 Å². The van der Waals surface area contributed by atoms with Gasteiger partial charge in [0.15, 0.2) is 0 Å². The Labute approximate surface area is 153 Å². The van der Waals surface area contributed by atoms with E-state index in [1.165, 1.54) is 26.2 Å². The number of carbonyl (C=O) groups excluding carboxylic acids is 1. The molecule has 1 unspecified atom stereocenters. The molecule has 0 aliphatic rings. The van der Waals surface area contributed by atoms with Crippen LogP contribution in [-0.2, 0) is 21.4 Å². The van der Waals surface area contributed by atoms with Gasteiger partial charge in [0.1, 0.15) is 5.75 Å². The highest BCUT2D eigenvalue weighted by atomic mass is 32.2. The average molecular weight is 380 g/mol. The molecule has 1 aromatic heterocycles. The molecule has 1 aromatic carbocycles. The highest BCUT2D eigenvalue weighted by Gasteiger charge is 2.22. The maximum Gasteiger partial charge on any atom is 0.241 e.